The highest BCUT2D eigenvalue weighted by Gasteiger charge is 2.33. The monoisotopic (exact) mass is 381 g/mol. The molecular formula is C18H18F3N3O3. The van der Waals surface area contributed by atoms with Crippen molar-refractivity contribution in [1.29, 1.82) is 0 Å². The van der Waals surface area contributed by atoms with Gasteiger partial charge in [-0.3, -0.25) is 4.79 Å². The van der Waals surface area contributed by atoms with Crippen LogP contribution in [0.15, 0.2) is 36.4 Å². The van der Waals surface area contributed by atoms with Crippen LogP contribution in [0, 0.1) is 6.92 Å². The average molecular weight is 381 g/mol. The van der Waals surface area contributed by atoms with Crippen LogP contribution in [-0.4, -0.2) is 37.6 Å². The van der Waals surface area contributed by atoms with E-state index in [1.165, 1.54) is 6.92 Å². The molecule has 2 rings (SSSR count). The van der Waals surface area contributed by atoms with E-state index < -0.39 is 30.4 Å². The standard InChI is InChI=1S/C18H18F3N3O3/c1-11-14(8-9-15(22-11)18(19,20)21)17(26)27-10-16(25)23-12-4-6-13(7-5-12)24(2)3/h4-9H,10H2,1-3H3,(H,23,25). The van der Waals surface area contributed by atoms with Gasteiger partial charge < -0.3 is 15.0 Å². The van der Waals surface area contributed by atoms with E-state index in [4.69, 9.17) is 4.74 Å². The molecule has 0 aliphatic carbocycles. The van der Waals surface area contributed by atoms with Crippen LogP contribution >= 0.6 is 0 Å². The predicted octanol–water partition coefficient (Wildman–Crippen LogP) is 3.27. The Kier molecular flexibility index (Phi) is 6.04. The number of halogens is 3. The van der Waals surface area contributed by atoms with Gasteiger partial charge in [-0.15, -0.1) is 0 Å². The minimum absolute atomic E-state index is 0.130. The number of rotatable bonds is 5. The number of alkyl halides is 3. The summed E-state index contributed by atoms with van der Waals surface area (Å²) in [5.41, 5.74) is 0.106. The van der Waals surface area contributed by atoms with Crippen molar-refractivity contribution in [2.75, 3.05) is 30.9 Å². The summed E-state index contributed by atoms with van der Waals surface area (Å²) < 4.78 is 42.6. The molecule has 27 heavy (non-hydrogen) atoms. The molecule has 144 valence electrons. The normalized spacial score (nSPS) is 11.0. The van der Waals surface area contributed by atoms with Crippen LogP contribution in [0.3, 0.4) is 0 Å². The van der Waals surface area contributed by atoms with Crippen molar-refractivity contribution in [2.24, 2.45) is 0 Å². The van der Waals surface area contributed by atoms with Gasteiger partial charge in [0.25, 0.3) is 5.91 Å². The van der Waals surface area contributed by atoms with E-state index in [1.807, 2.05) is 19.0 Å². The van der Waals surface area contributed by atoms with E-state index in [1.54, 1.807) is 24.3 Å². The number of carbonyl (C=O) groups is 2. The minimum atomic E-state index is -4.60. The fourth-order valence-corrected chi connectivity index (χ4v) is 2.18. The number of esters is 1. The van der Waals surface area contributed by atoms with Crippen LogP contribution in [0.1, 0.15) is 21.7 Å². The summed E-state index contributed by atoms with van der Waals surface area (Å²) >= 11 is 0. The zero-order chi connectivity index (χ0) is 20.2. The third-order valence-electron chi connectivity index (χ3n) is 3.60. The largest absolute Gasteiger partial charge is 0.452 e. The number of hydrogen-bond donors (Lipinski definition) is 1. The van der Waals surface area contributed by atoms with E-state index in [-0.39, 0.29) is 11.3 Å². The molecule has 0 bridgehead atoms. The summed E-state index contributed by atoms with van der Waals surface area (Å²) in [6.45, 7) is 0.687. The Morgan fingerprint density at radius 3 is 2.26 bits per heavy atom. The maximum atomic E-state index is 12.6. The molecule has 6 nitrogen and oxygen atoms in total. The fraction of sp³-hybridized carbons (Fsp3) is 0.278. The zero-order valence-electron chi connectivity index (χ0n) is 14.9. The third-order valence-corrected chi connectivity index (χ3v) is 3.60. The first kappa shape index (κ1) is 20.2. The van der Waals surface area contributed by atoms with Gasteiger partial charge in [0.1, 0.15) is 5.69 Å². The molecule has 0 fully saturated rings. The minimum Gasteiger partial charge on any atom is -0.452 e. The van der Waals surface area contributed by atoms with Crippen molar-refractivity contribution in [1.82, 2.24) is 4.98 Å². The molecule has 0 unspecified atom stereocenters. The lowest BCUT2D eigenvalue weighted by molar-refractivity contribution is -0.141. The number of carbonyl (C=O) groups excluding carboxylic acids is 2. The molecule has 2 aromatic rings. The Bertz CT molecular complexity index is 834. The Labute approximate surface area is 154 Å². The molecule has 9 heteroatoms. The average Bonchev–Trinajstić information content (AvgIpc) is 2.59. The first-order valence-corrected chi connectivity index (χ1v) is 7.87. The van der Waals surface area contributed by atoms with Gasteiger partial charge >= 0.3 is 12.1 Å². The van der Waals surface area contributed by atoms with E-state index >= 15 is 0 Å². The highest BCUT2D eigenvalue weighted by atomic mass is 19.4. The molecule has 0 saturated heterocycles. The van der Waals surface area contributed by atoms with Crippen molar-refractivity contribution in [3.8, 4) is 0 Å². The number of pyridine rings is 1. The van der Waals surface area contributed by atoms with Crippen molar-refractivity contribution >= 4 is 23.3 Å². The summed E-state index contributed by atoms with van der Waals surface area (Å²) in [6, 6.07) is 8.66. The molecule has 1 aromatic carbocycles. The Morgan fingerprint density at radius 2 is 1.74 bits per heavy atom. The second-order valence-corrected chi connectivity index (χ2v) is 5.89. The number of aryl methyl sites for hydroxylation is 1. The Balaban J connectivity index is 1.94. The summed E-state index contributed by atoms with van der Waals surface area (Å²) in [4.78, 5) is 29.1. The highest BCUT2D eigenvalue weighted by molar-refractivity contribution is 5.96. The van der Waals surface area contributed by atoms with E-state index in [0.717, 1.165) is 11.8 Å². The molecule has 1 N–H and O–H groups in total. The summed E-state index contributed by atoms with van der Waals surface area (Å²) in [5.74, 6) is -1.50. The maximum Gasteiger partial charge on any atom is 0.433 e. The van der Waals surface area contributed by atoms with Crippen molar-refractivity contribution in [2.45, 2.75) is 13.1 Å². The van der Waals surface area contributed by atoms with Crippen LogP contribution in [0.5, 0.6) is 0 Å². The molecule has 0 aliphatic heterocycles. The second kappa shape index (κ2) is 8.07. The first-order chi connectivity index (χ1) is 12.6. The molecule has 1 aromatic heterocycles. The van der Waals surface area contributed by atoms with Gasteiger partial charge in [-0.1, -0.05) is 0 Å². The summed E-state index contributed by atoms with van der Waals surface area (Å²) in [6.07, 6.45) is -4.60. The predicted molar refractivity (Wildman–Crippen MR) is 93.7 cm³/mol. The number of nitrogens with zero attached hydrogens (tertiary/aromatic N) is 2. The topological polar surface area (TPSA) is 71.5 Å². The van der Waals surface area contributed by atoms with Gasteiger partial charge in [0, 0.05) is 25.5 Å². The molecule has 1 heterocycles. The lowest BCUT2D eigenvalue weighted by atomic mass is 10.2. The number of ether oxygens (including phenoxy) is 1. The van der Waals surface area contributed by atoms with Gasteiger partial charge in [0.05, 0.1) is 11.3 Å². The van der Waals surface area contributed by atoms with E-state index in [2.05, 4.69) is 10.3 Å². The Morgan fingerprint density at radius 1 is 1.11 bits per heavy atom. The van der Waals surface area contributed by atoms with Crippen molar-refractivity contribution in [3.05, 3.63) is 53.3 Å². The van der Waals surface area contributed by atoms with Crippen molar-refractivity contribution < 1.29 is 27.5 Å². The number of hydrogen-bond acceptors (Lipinski definition) is 5. The Hall–Kier alpha value is -3.10. The molecule has 0 spiro atoms. The summed E-state index contributed by atoms with van der Waals surface area (Å²) in [5, 5.41) is 2.56. The van der Waals surface area contributed by atoms with Crippen LogP contribution in [0.4, 0.5) is 24.5 Å². The molecule has 0 saturated carbocycles. The quantitative estimate of drug-likeness (QED) is 0.805. The van der Waals surface area contributed by atoms with Gasteiger partial charge in [-0.25, -0.2) is 9.78 Å². The highest BCUT2D eigenvalue weighted by Crippen LogP contribution is 2.28. The van der Waals surface area contributed by atoms with Gasteiger partial charge in [0.15, 0.2) is 6.61 Å². The van der Waals surface area contributed by atoms with Gasteiger partial charge in [0.2, 0.25) is 0 Å². The lowest BCUT2D eigenvalue weighted by Crippen LogP contribution is -2.21. The third kappa shape index (κ3) is 5.44. The number of amides is 1. The number of aromatic nitrogens is 1. The molecule has 0 aliphatic rings. The zero-order valence-corrected chi connectivity index (χ0v) is 14.9. The van der Waals surface area contributed by atoms with Gasteiger partial charge in [-0.05, 0) is 43.3 Å². The molecule has 1 amide bonds. The van der Waals surface area contributed by atoms with E-state index in [0.29, 0.717) is 11.8 Å². The van der Waals surface area contributed by atoms with Crippen LogP contribution in [0.25, 0.3) is 0 Å². The van der Waals surface area contributed by atoms with Crippen LogP contribution < -0.4 is 10.2 Å². The van der Waals surface area contributed by atoms with Crippen molar-refractivity contribution in [3.63, 3.8) is 0 Å². The summed E-state index contributed by atoms with van der Waals surface area (Å²) in [7, 11) is 3.76. The number of nitrogens with one attached hydrogen (secondary N) is 1. The lowest BCUT2D eigenvalue weighted by Gasteiger charge is -2.13. The maximum absolute atomic E-state index is 12.6. The number of anilines is 2. The molecular weight excluding hydrogens is 363 g/mol. The SMILES string of the molecule is Cc1nc(C(F)(F)F)ccc1C(=O)OCC(=O)Nc1ccc(N(C)C)cc1. The van der Waals surface area contributed by atoms with Gasteiger partial charge in [-0.2, -0.15) is 13.2 Å². The molecule has 0 radical (unpaired) electrons. The fourth-order valence-electron chi connectivity index (χ4n) is 2.18. The number of benzene rings is 1. The smallest absolute Gasteiger partial charge is 0.433 e. The van der Waals surface area contributed by atoms with Crippen LogP contribution in [0.2, 0.25) is 0 Å². The second-order valence-electron chi connectivity index (χ2n) is 5.89. The van der Waals surface area contributed by atoms with E-state index in [9.17, 15) is 22.8 Å². The van der Waals surface area contributed by atoms with Crippen LogP contribution in [-0.2, 0) is 15.7 Å². The molecule has 0 atom stereocenters. The first-order valence-electron chi connectivity index (χ1n) is 7.87.